The fraction of sp³-hybridized carbons (Fsp3) is 0.300. The summed E-state index contributed by atoms with van der Waals surface area (Å²) >= 11 is 7.58. The first-order valence-electron chi connectivity index (χ1n) is 9.09. The van der Waals surface area contributed by atoms with E-state index < -0.39 is 0 Å². The fourth-order valence-corrected chi connectivity index (χ4v) is 3.78. The van der Waals surface area contributed by atoms with Crippen molar-refractivity contribution in [2.75, 3.05) is 0 Å². The molecule has 0 bridgehead atoms. The van der Waals surface area contributed by atoms with Crippen LogP contribution in [0.5, 0.6) is 0 Å². The number of nitro groups is 1. The Hall–Kier alpha value is -2.38. The molecular weight excluding hydrogens is 396 g/mol. The van der Waals surface area contributed by atoms with Gasteiger partial charge in [0.25, 0.3) is 5.69 Å². The number of unbranched alkanes of at least 4 members (excludes halogenated alkanes) is 1. The Morgan fingerprint density at radius 3 is 2.39 bits per heavy atom. The Balaban J connectivity index is 1.78. The Bertz CT molecular complexity index is 926. The number of nitrogens with zero attached hydrogens (tertiary/aromatic N) is 4. The van der Waals surface area contributed by atoms with Crippen molar-refractivity contribution in [2.24, 2.45) is 0 Å². The number of hydrogen-bond acceptors (Lipinski definition) is 5. The van der Waals surface area contributed by atoms with Crippen LogP contribution in [0.15, 0.2) is 53.7 Å². The highest BCUT2D eigenvalue weighted by Crippen LogP contribution is 2.25. The van der Waals surface area contributed by atoms with Gasteiger partial charge in [-0.2, -0.15) is 0 Å². The molecule has 6 nitrogen and oxygen atoms in total. The lowest BCUT2D eigenvalue weighted by Gasteiger charge is -2.10. The van der Waals surface area contributed by atoms with E-state index >= 15 is 0 Å². The number of hydrogen-bond donors (Lipinski definition) is 0. The zero-order chi connectivity index (χ0) is 19.9. The number of aryl methyl sites for hydroxylation is 1. The summed E-state index contributed by atoms with van der Waals surface area (Å²) in [4.78, 5) is 10.5. The Labute approximate surface area is 173 Å². The van der Waals surface area contributed by atoms with Gasteiger partial charge in [0, 0.05) is 29.3 Å². The first-order valence-corrected chi connectivity index (χ1v) is 10.5. The lowest BCUT2D eigenvalue weighted by molar-refractivity contribution is -0.384. The van der Waals surface area contributed by atoms with Crippen LogP contribution in [0.1, 0.15) is 36.7 Å². The largest absolute Gasteiger partial charge is 0.302 e. The van der Waals surface area contributed by atoms with E-state index in [1.54, 1.807) is 23.9 Å². The predicted molar refractivity (Wildman–Crippen MR) is 112 cm³/mol. The zero-order valence-electron chi connectivity index (χ0n) is 15.5. The summed E-state index contributed by atoms with van der Waals surface area (Å²) in [6.07, 6.45) is 2.98. The van der Waals surface area contributed by atoms with Crippen LogP contribution >= 0.6 is 23.4 Å². The molecule has 146 valence electrons. The number of rotatable bonds is 9. The minimum Gasteiger partial charge on any atom is -0.302 e. The summed E-state index contributed by atoms with van der Waals surface area (Å²) < 4.78 is 2.11. The molecule has 3 rings (SSSR count). The Kier molecular flexibility index (Phi) is 7.06. The second-order valence-electron chi connectivity index (χ2n) is 6.43. The van der Waals surface area contributed by atoms with Crippen molar-refractivity contribution in [3.63, 3.8) is 0 Å². The van der Waals surface area contributed by atoms with Crippen LogP contribution in [0.25, 0.3) is 0 Å². The summed E-state index contributed by atoms with van der Waals surface area (Å²) in [6, 6.07) is 14.4. The van der Waals surface area contributed by atoms with Gasteiger partial charge in [0.05, 0.1) is 11.5 Å². The average Bonchev–Trinajstić information content (AvgIpc) is 3.08. The lowest BCUT2D eigenvalue weighted by atomic mass is 10.2. The molecule has 1 heterocycles. The van der Waals surface area contributed by atoms with E-state index in [1.165, 1.54) is 12.1 Å². The van der Waals surface area contributed by atoms with Crippen LogP contribution in [0.2, 0.25) is 5.02 Å². The number of halogens is 1. The SMILES string of the molecule is CCCCc1nnc(SCc2ccc(Cl)cc2)n1Cc1ccc([N+](=O)[O-])cc1. The number of non-ortho nitro benzene ring substituents is 1. The maximum atomic E-state index is 10.9. The second kappa shape index (κ2) is 9.71. The average molecular weight is 417 g/mol. The minimum absolute atomic E-state index is 0.0936. The van der Waals surface area contributed by atoms with Crippen LogP contribution in [0.3, 0.4) is 0 Å². The third-order valence-corrected chi connectivity index (χ3v) is 5.61. The smallest absolute Gasteiger partial charge is 0.269 e. The first kappa shape index (κ1) is 20.4. The zero-order valence-corrected chi connectivity index (χ0v) is 17.1. The number of thioether (sulfide) groups is 1. The van der Waals surface area contributed by atoms with Crippen molar-refractivity contribution >= 4 is 29.1 Å². The van der Waals surface area contributed by atoms with Crippen LogP contribution in [0.4, 0.5) is 5.69 Å². The van der Waals surface area contributed by atoms with Crippen molar-refractivity contribution in [3.8, 4) is 0 Å². The third kappa shape index (κ3) is 5.33. The summed E-state index contributed by atoms with van der Waals surface area (Å²) in [5, 5.41) is 21.2. The van der Waals surface area contributed by atoms with E-state index in [2.05, 4.69) is 21.7 Å². The van der Waals surface area contributed by atoms with Gasteiger partial charge in [0.2, 0.25) is 0 Å². The monoisotopic (exact) mass is 416 g/mol. The van der Waals surface area contributed by atoms with Gasteiger partial charge in [-0.25, -0.2) is 0 Å². The standard InChI is InChI=1S/C20H21ClN4O2S/c1-2-3-4-19-22-23-20(28-14-16-5-9-17(21)10-6-16)24(19)13-15-7-11-18(12-8-15)25(26)27/h5-12H,2-4,13-14H2,1H3. The van der Waals surface area contributed by atoms with Crippen LogP contribution in [-0.2, 0) is 18.7 Å². The molecule has 0 saturated carbocycles. The van der Waals surface area contributed by atoms with Gasteiger partial charge in [-0.3, -0.25) is 10.1 Å². The molecule has 3 aromatic rings. The number of nitro benzene ring substituents is 1. The summed E-state index contributed by atoms with van der Waals surface area (Å²) in [5.74, 6) is 1.71. The quantitative estimate of drug-likeness (QED) is 0.260. The summed E-state index contributed by atoms with van der Waals surface area (Å²) in [6.45, 7) is 2.74. The molecule has 0 radical (unpaired) electrons. The molecule has 0 unspecified atom stereocenters. The van der Waals surface area contributed by atoms with E-state index in [1.807, 2.05) is 24.3 Å². The van der Waals surface area contributed by atoms with E-state index in [0.717, 1.165) is 52.1 Å². The van der Waals surface area contributed by atoms with Crippen molar-refractivity contribution in [2.45, 2.75) is 43.6 Å². The molecule has 0 spiro atoms. The van der Waals surface area contributed by atoms with Crippen molar-refractivity contribution < 1.29 is 4.92 Å². The maximum Gasteiger partial charge on any atom is 0.269 e. The van der Waals surface area contributed by atoms with Gasteiger partial charge in [-0.15, -0.1) is 10.2 Å². The highest BCUT2D eigenvalue weighted by Gasteiger charge is 2.14. The van der Waals surface area contributed by atoms with Gasteiger partial charge in [-0.05, 0) is 29.7 Å². The number of aromatic nitrogens is 3. The van der Waals surface area contributed by atoms with Gasteiger partial charge >= 0.3 is 0 Å². The van der Waals surface area contributed by atoms with E-state index in [9.17, 15) is 10.1 Å². The molecule has 0 atom stereocenters. The van der Waals surface area contributed by atoms with E-state index in [4.69, 9.17) is 11.6 Å². The van der Waals surface area contributed by atoms with Crippen LogP contribution in [0, 0.1) is 10.1 Å². The van der Waals surface area contributed by atoms with Crippen molar-refractivity contribution in [1.82, 2.24) is 14.8 Å². The molecule has 0 aliphatic rings. The number of benzene rings is 2. The third-order valence-electron chi connectivity index (χ3n) is 4.32. The highest BCUT2D eigenvalue weighted by atomic mass is 35.5. The minimum atomic E-state index is -0.386. The van der Waals surface area contributed by atoms with Crippen LogP contribution in [-0.4, -0.2) is 19.7 Å². The van der Waals surface area contributed by atoms with E-state index in [-0.39, 0.29) is 10.6 Å². The fourth-order valence-electron chi connectivity index (χ4n) is 2.74. The molecule has 28 heavy (non-hydrogen) atoms. The second-order valence-corrected chi connectivity index (χ2v) is 7.81. The van der Waals surface area contributed by atoms with E-state index in [0.29, 0.717) is 6.54 Å². The Morgan fingerprint density at radius 2 is 1.75 bits per heavy atom. The van der Waals surface area contributed by atoms with Crippen molar-refractivity contribution in [1.29, 1.82) is 0 Å². The molecule has 0 saturated heterocycles. The molecule has 0 N–H and O–H groups in total. The molecule has 0 aliphatic heterocycles. The van der Waals surface area contributed by atoms with Gasteiger partial charge in [0.15, 0.2) is 5.16 Å². The normalized spacial score (nSPS) is 10.9. The van der Waals surface area contributed by atoms with Gasteiger partial charge in [0.1, 0.15) is 5.82 Å². The Morgan fingerprint density at radius 1 is 1.07 bits per heavy atom. The highest BCUT2D eigenvalue weighted by molar-refractivity contribution is 7.98. The maximum absolute atomic E-state index is 10.9. The molecule has 0 aliphatic carbocycles. The predicted octanol–water partition coefficient (Wildman–Crippen LogP) is 5.52. The molecule has 0 amide bonds. The molecular formula is C20H21ClN4O2S. The first-order chi connectivity index (χ1) is 13.6. The van der Waals surface area contributed by atoms with Gasteiger partial charge < -0.3 is 4.57 Å². The molecule has 8 heteroatoms. The topological polar surface area (TPSA) is 73.8 Å². The van der Waals surface area contributed by atoms with Gasteiger partial charge in [-0.1, -0.05) is 61.0 Å². The lowest BCUT2D eigenvalue weighted by Crippen LogP contribution is -2.07. The summed E-state index contributed by atoms with van der Waals surface area (Å²) in [5.41, 5.74) is 2.24. The summed E-state index contributed by atoms with van der Waals surface area (Å²) in [7, 11) is 0. The van der Waals surface area contributed by atoms with Crippen molar-refractivity contribution in [3.05, 3.63) is 80.6 Å². The van der Waals surface area contributed by atoms with Crippen LogP contribution < -0.4 is 0 Å². The molecule has 2 aromatic carbocycles. The molecule has 0 fully saturated rings. The molecule has 1 aromatic heterocycles.